The van der Waals surface area contributed by atoms with Crippen molar-refractivity contribution in [2.24, 2.45) is 0 Å². The summed E-state index contributed by atoms with van der Waals surface area (Å²) in [5.74, 6) is 1.62. The number of halogens is 1. The molecule has 25 heavy (non-hydrogen) atoms. The Bertz CT molecular complexity index is 861. The first-order valence-corrected chi connectivity index (χ1v) is 8.18. The van der Waals surface area contributed by atoms with E-state index in [1.807, 2.05) is 32.3 Å². The molecule has 0 aliphatic carbocycles. The smallest absolute Gasteiger partial charge is 0.172 e. The number of fused-ring (bicyclic) bond motifs is 1. The van der Waals surface area contributed by atoms with E-state index in [1.54, 1.807) is 13.2 Å². The summed E-state index contributed by atoms with van der Waals surface area (Å²) in [5.41, 5.74) is 2.15. The van der Waals surface area contributed by atoms with E-state index in [2.05, 4.69) is 14.9 Å². The SMILES string of the molecule is COc1cccc(-c2nc3ccc(F)cc3[nH]2)c1OCCCN(C)C. The van der Waals surface area contributed by atoms with E-state index in [9.17, 15) is 4.39 Å². The molecule has 0 saturated carbocycles. The van der Waals surface area contributed by atoms with Crippen LogP contribution in [0, 0.1) is 5.82 Å². The van der Waals surface area contributed by atoms with Gasteiger partial charge in [-0.05, 0) is 50.8 Å². The van der Waals surface area contributed by atoms with Gasteiger partial charge >= 0.3 is 0 Å². The molecule has 1 N–H and O–H groups in total. The van der Waals surface area contributed by atoms with Gasteiger partial charge in [-0.25, -0.2) is 9.37 Å². The van der Waals surface area contributed by atoms with E-state index >= 15 is 0 Å². The molecule has 3 rings (SSSR count). The Balaban J connectivity index is 1.93. The lowest BCUT2D eigenvalue weighted by molar-refractivity contribution is 0.269. The molecule has 0 spiro atoms. The summed E-state index contributed by atoms with van der Waals surface area (Å²) in [6.07, 6.45) is 0.899. The van der Waals surface area contributed by atoms with Crippen LogP contribution in [0.2, 0.25) is 0 Å². The van der Waals surface area contributed by atoms with Gasteiger partial charge in [0.15, 0.2) is 11.5 Å². The number of aromatic nitrogens is 2. The molecule has 0 atom stereocenters. The van der Waals surface area contributed by atoms with Crippen molar-refractivity contribution >= 4 is 11.0 Å². The molecule has 6 heteroatoms. The summed E-state index contributed by atoms with van der Waals surface area (Å²) < 4.78 is 24.9. The second-order valence-corrected chi connectivity index (χ2v) is 6.09. The molecule has 1 aromatic heterocycles. The molecule has 0 fully saturated rings. The standard InChI is InChI=1S/C19H22FN3O2/c1-23(2)10-5-11-25-18-14(6-4-7-17(18)24-3)19-21-15-9-8-13(20)12-16(15)22-19/h4,6-9,12H,5,10-11H2,1-3H3,(H,21,22). The van der Waals surface area contributed by atoms with E-state index in [1.165, 1.54) is 12.1 Å². The van der Waals surface area contributed by atoms with Crippen molar-refractivity contribution in [1.29, 1.82) is 0 Å². The van der Waals surface area contributed by atoms with Gasteiger partial charge in [-0.3, -0.25) is 0 Å². The molecule has 0 bridgehead atoms. The summed E-state index contributed by atoms with van der Waals surface area (Å²) in [6.45, 7) is 1.51. The minimum absolute atomic E-state index is 0.298. The minimum Gasteiger partial charge on any atom is -0.493 e. The van der Waals surface area contributed by atoms with Crippen molar-refractivity contribution in [1.82, 2.24) is 14.9 Å². The second-order valence-electron chi connectivity index (χ2n) is 6.09. The number of nitrogens with zero attached hydrogens (tertiary/aromatic N) is 2. The van der Waals surface area contributed by atoms with Gasteiger partial charge in [-0.1, -0.05) is 6.07 Å². The fraction of sp³-hybridized carbons (Fsp3) is 0.316. The Morgan fingerprint density at radius 3 is 2.80 bits per heavy atom. The van der Waals surface area contributed by atoms with Crippen molar-refractivity contribution in [3.05, 3.63) is 42.2 Å². The van der Waals surface area contributed by atoms with E-state index in [0.29, 0.717) is 35.0 Å². The van der Waals surface area contributed by atoms with Crippen LogP contribution in [-0.2, 0) is 0 Å². The summed E-state index contributed by atoms with van der Waals surface area (Å²) in [6, 6.07) is 10.1. The molecule has 3 aromatic rings. The molecule has 2 aromatic carbocycles. The maximum absolute atomic E-state index is 13.4. The topological polar surface area (TPSA) is 50.4 Å². The molecule has 1 heterocycles. The van der Waals surface area contributed by atoms with Gasteiger partial charge in [0.2, 0.25) is 0 Å². The number of H-pyrrole nitrogens is 1. The van der Waals surface area contributed by atoms with Crippen molar-refractivity contribution in [3.8, 4) is 22.9 Å². The number of hydrogen-bond donors (Lipinski definition) is 1. The quantitative estimate of drug-likeness (QED) is 0.665. The van der Waals surface area contributed by atoms with Crippen LogP contribution in [0.3, 0.4) is 0 Å². The maximum Gasteiger partial charge on any atom is 0.172 e. The molecule has 0 radical (unpaired) electrons. The average Bonchev–Trinajstić information content (AvgIpc) is 3.01. The van der Waals surface area contributed by atoms with Crippen LogP contribution in [0.1, 0.15) is 6.42 Å². The number of rotatable bonds is 7. The van der Waals surface area contributed by atoms with Gasteiger partial charge in [-0.2, -0.15) is 0 Å². The molecule has 0 unspecified atom stereocenters. The Morgan fingerprint density at radius 1 is 1.20 bits per heavy atom. The van der Waals surface area contributed by atoms with Gasteiger partial charge in [0.05, 0.1) is 30.3 Å². The van der Waals surface area contributed by atoms with Crippen molar-refractivity contribution < 1.29 is 13.9 Å². The Kier molecular flexibility index (Phi) is 5.19. The van der Waals surface area contributed by atoms with E-state index in [-0.39, 0.29) is 5.82 Å². The van der Waals surface area contributed by atoms with Crippen LogP contribution >= 0.6 is 0 Å². The summed E-state index contributed by atoms with van der Waals surface area (Å²) in [5, 5.41) is 0. The first-order valence-electron chi connectivity index (χ1n) is 8.18. The predicted octanol–water partition coefficient (Wildman–Crippen LogP) is 3.71. The Labute approximate surface area is 146 Å². The van der Waals surface area contributed by atoms with E-state index in [4.69, 9.17) is 9.47 Å². The zero-order valence-corrected chi connectivity index (χ0v) is 14.7. The minimum atomic E-state index is -0.298. The van der Waals surface area contributed by atoms with Crippen LogP contribution in [0.4, 0.5) is 4.39 Å². The van der Waals surface area contributed by atoms with E-state index in [0.717, 1.165) is 18.5 Å². The largest absolute Gasteiger partial charge is 0.493 e. The molecule has 0 aliphatic heterocycles. The van der Waals surface area contributed by atoms with Crippen molar-refractivity contribution in [3.63, 3.8) is 0 Å². The molecule has 0 saturated heterocycles. The number of hydrogen-bond acceptors (Lipinski definition) is 4. The molecule has 5 nitrogen and oxygen atoms in total. The fourth-order valence-corrected chi connectivity index (χ4v) is 2.68. The first-order chi connectivity index (χ1) is 12.1. The highest BCUT2D eigenvalue weighted by atomic mass is 19.1. The zero-order chi connectivity index (χ0) is 17.8. The normalized spacial score (nSPS) is 11.2. The van der Waals surface area contributed by atoms with Crippen LogP contribution < -0.4 is 9.47 Å². The number of ether oxygens (including phenoxy) is 2. The fourth-order valence-electron chi connectivity index (χ4n) is 2.68. The lowest BCUT2D eigenvalue weighted by Crippen LogP contribution is -2.15. The summed E-state index contributed by atoms with van der Waals surface area (Å²) in [7, 11) is 5.67. The lowest BCUT2D eigenvalue weighted by atomic mass is 10.1. The first kappa shape index (κ1) is 17.2. The molecule has 0 amide bonds. The van der Waals surface area contributed by atoms with Crippen LogP contribution in [-0.4, -0.2) is 49.2 Å². The van der Waals surface area contributed by atoms with Crippen LogP contribution in [0.15, 0.2) is 36.4 Å². The van der Waals surface area contributed by atoms with Gasteiger partial charge in [-0.15, -0.1) is 0 Å². The molecule has 0 aliphatic rings. The van der Waals surface area contributed by atoms with Crippen molar-refractivity contribution in [2.75, 3.05) is 34.4 Å². The number of aromatic amines is 1. The third kappa shape index (κ3) is 3.91. The van der Waals surface area contributed by atoms with Gasteiger partial charge in [0.1, 0.15) is 11.6 Å². The molecular weight excluding hydrogens is 321 g/mol. The van der Waals surface area contributed by atoms with Crippen molar-refractivity contribution in [2.45, 2.75) is 6.42 Å². The van der Waals surface area contributed by atoms with Gasteiger partial charge in [0.25, 0.3) is 0 Å². The number of methoxy groups -OCH3 is 1. The lowest BCUT2D eigenvalue weighted by Gasteiger charge is -2.15. The Hall–Kier alpha value is -2.60. The van der Waals surface area contributed by atoms with Gasteiger partial charge in [0, 0.05) is 6.54 Å². The van der Waals surface area contributed by atoms with Crippen LogP contribution in [0.25, 0.3) is 22.4 Å². The third-order valence-corrected chi connectivity index (χ3v) is 3.89. The average molecular weight is 343 g/mol. The third-order valence-electron chi connectivity index (χ3n) is 3.89. The number of imidazole rings is 1. The highest BCUT2D eigenvalue weighted by Crippen LogP contribution is 2.37. The maximum atomic E-state index is 13.4. The van der Waals surface area contributed by atoms with Gasteiger partial charge < -0.3 is 19.4 Å². The molecular formula is C19H22FN3O2. The second kappa shape index (κ2) is 7.53. The monoisotopic (exact) mass is 343 g/mol. The summed E-state index contributed by atoms with van der Waals surface area (Å²) >= 11 is 0. The highest BCUT2D eigenvalue weighted by molar-refractivity contribution is 5.81. The zero-order valence-electron chi connectivity index (χ0n) is 14.7. The predicted molar refractivity (Wildman–Crippen MR) is 96.7 cm³/mol. The number of para-hydroxylation sites is 1. The van der Waals surface area contributed by atoms with E-state index < -0.39 is 0 Å². The Morgan fingerprint density at radius 2 is 2.04 bits per heavy atom. The van der Waals surface area contributed by atoms with Crippen LogP contribution in [0.5, 0.6) is 11.5 Å². The number of nitrogens with one attached hydrogen (secondary N) is 1. The molecule has 132 valence electrons. The summed E-state index contributed by atoms with van der Waals surface area (Å²) in [4.78, 5) is 9.82. The number of benzene rings is 2. The highest BCUT2D eigenvalue weighted by Gasteiger charge is 2.16.